The highest BCUT2D eigenvalue weighted by molar-refractivity contribution is 5.85. The van der Waals surface area contributed by atoms with Gasteiger partial charge >= 0.3 is 6.09 Å². The summed E-state index contributed by atoms with van der Waals surface area (Å²) in [5.74, 6) is 0.615. The van der Waals surface area contributed by atoms with Crippen molar-refractivity contribution < 1.29 is 9.53 Å². The molecule has 118 valence electrons. The largest absolute Gasteiger partial charge is 0.444 e. The number of rotatable bonds is 5. The van der Waals surface area contributed by atoms with Gasteiger partial charge in [0.15, 0.2) is 0 Å². The molecule has 1 aromatic carbocycles. The summed E-state index contributed by atoms with van der Waals surface area (Å²) in [4.78, 5) is 11.7. The minimum absolute atomic E-state index is 0.416. The Morgan fingerprint density at radius 2 is 1.67 bits per heavy atom. The van der Waals surface area contributed by atoms with Crippen LogP contribution in [0.4, 0.5) is 16.2 Å². The number of amides is 1. The first kappa shape index (κ1) is 17.3. The zero-order valence-electron chi connectivity index (χ0n) is 14.0. The standard InChI is InChI=1S/C17H28N2O2/c1-7-12(2)13(3)18-14-8-10-15(11-9-14)19-16(20)21-17(4,5)6/h8-13,18H,7H2,1-6H3,(H,19,20). The Balaban J connectivity index is 2.56. The molecule has 0 heterocycles. The van der Waals surface area contributed by atoms with E-state index in [0.717, 1.165) is 17.8 Å². The van der Waals surface area contributed by atoms with Crippen LogP contribution < -0.4 is 10.6 Å². The maximum absolute atomic E-state index is 11.7. The van der Waals surface area contributed by atoms with Gasteiger partial charge in [0, 0.05) is 17.4 Å². The first-order valence-electron chi connectivity index (χ1n) is 7.58. The second kappa shape index (κ2) is 7.34. The van der Waals surface area contributed by atoms with Gasteiger partial charge in [0.25, 0.3) is 0 Å². The number of nitrogens with one attached hydrogen (secondary N) is 2. The number of anilines is 2. The number of hydrogen-bond donors (Lipinski definition) is 2. The Hall–Kier alpha value is -1.71. The van der Waals surface area contributed by atoms with E-state index in [1.54, 1.807) is 0 Å². The summed E-state index contributed by atoms with van der Waals surface area (Å²) < 4.78 is 5.22. The van der Waals surface area contributed by atoms with Crippen LogP contribution in [0, 0.1) is 5.92 Å². The molecule has 0 aromatic heterocycles. The normalized spacial score (nSPS) is 14.2. The van der Waals surface area contributed by atoms with Gasteiger partial charge in [-0.05, 0) is 57.9 Å². The Kier molecular flexibility index (Phi) is 6.06. The van der Waals surface area contributed by atoms with Gasteiger partial charge < -0.3 is 10.1 Å². The average molecular weight is 292 g/mol. The van der Waals surface area contributed by atoms with Crippen LogP contribution in [-0.2, 0) is 4.74 Å². The van der Waals surface area contributed by atoms with Crippen molar-refractivity contribution in [1.82, 2.24) is 0 Å². The van der Waals surface area contributed by atoms with Crippen LogP contribution in [-0.4, -0.2) is 17.7 Å². The highest BCUT2D eigenvalue weighted by Gasteiger charge is 2.16. The Labute approximate surface area is 128 Å². The molecule has 4 nitrogen and oxygen atoms in total. The van der Waals surface area contributed by atoms with E-state index in [1.165, 1.54) is 0 Å². The molecule has 0 saturated heterocycles. The molecule has 0 saturated carbocycles. The van der Waals surface area contributed by atoms with Crippen LogP contribution in [0.5, 0.6) is 0 Å². The van der Waals surface area contributed by atoms with Crippen molar-refractivity contribution >= 4 is 17.5 Å². The van der Waals surface area contributed by atoms with Crippen molar-refractivity contribution in [2.75, 3.05) is 10.6 Å². The van der Waals surface area contributed by atoms with E-state index < -0.39 is 11.7 Å². The summed E-state index contributed by atoms with van der Waals surface area (Å²) in [5.41, 5.74) is 1.29. The number of benzene rings is 1. The van der Waals surface area contributed by atoms with E-state index in [4.69, 9.17) is 4.74 Å². The predicted molar refractivity (Wildman–Crippen MR) is 88.8 cm³/mol. The average Bonchev–Trinajstić information content (AvgIpc) is 2.37. The van der Waals surface area contributed by atoms with Crippen LogP contribution in [0.1, 0.15) is 48.0 Å². The molecule has 4 heteroatoms. The highest BCUT2D eigenvalue weighted by atomic mass is 16.6. The van der Waals surface area contributed by atoms with Crippen LogP contribution >= 0.6 is 0 Å². The molecule has 0 aliphatic heterocycles. The first-order valence-corrected chi connectivity index (χ1v) is 7.58. The molecule has 1 aromatic rings. The topological polar surface area (TPSA) is 50.4 Å². The lowest BCUT2D eigenvalue weighted by Gasteiger charge is -2.21. The van der Waals surface area contributed by atoms with Gasteiger partial charge in [-0.15, -0.1) is 0 Å². The molecule has 0 spiro atoms. The van der Waals surface area contributed by atoms with Crippen molar-refractivity contribution in [1.29, 1.82) is 0 Å². The van der Waals surface area contributed by atoms with E-state index in [9.17, 15) is 4.79 Å². The third kappa shape index (κ3) is 6.52. The monoisotopic (exact) mass is 292 g/mol. The summed E-state index contributed by atoms with van der Waals surface area (Å²) in [5, 5.41) is 6.19. The molecule has 0 aliphatic rings. The predicted octanol–water partition coefficient (Wildman–Crippen LogP) is 4.88. The molecule has 2 N–H and O–H groups in total. The minimum Gasteiger partial charge on any atom is -0.444 e. The molecule has 0 radical (unpaired) electrons. The zero-order chi connectivity index (χ0) is 16.0. The van der Waals surface area contributed by atoms with Crippen molar-refractivity contribution in [2.45, 2.75) is 59.6 Å². The molecular weight excluding hydrogens is 264 g/mol. The Bertz CT molecular complexity index is 449. The van der Waals surface area contributed by atoms with Crippen LogP contribution in [0.25, 0.3) is 0 Å². The van der Waals surface area contributed by atoms with Gasteiger partial charge in [0.05, 0.1) is 0 Å². The SMILES string of the molecule is CCC(C)C(C)Nc1ccc(NC(=O)OC(C)(C)C)cc1. The summed E-state index contributed by atoms with van der Waals surface area (Å²) in [6.07, 6.45) is 0.711. The third-order valence-corrected chi connectivity index (χ3v) is 3.42. The molecule has 21 heavy (non-hydrogen) atoms. The molecule has 0 fully saturated rings. The van der Waals surface area contributed by atoms with Crippen LogP contribution in [0.2, 0.25) is 0 Å². The van der Waals surface area contributed by atoms with Gasteiger partial charge in [-0.2, -0.15) is 0 Å². The van der Waals surface area contributed by atoms with Crippen molar-refractivity contribution in [3.63, 3.8) is 0 Å². The molecule has 0 aliphatic carbocycles. The lowest BCUT2D eigenvalue weighted by molar-refractivity contribution is 0.0636. The van der Waals surface area contributed by atoms with E-state index in [-0.39, 0.29) is 0 Å². The van der Waals surface area contributed by atoms with Gasteiger partial charge in [-0.1, -0.05) is 20.3 Å². The summed E-state index contributed by atoms with van der Waals surface area (Å²) in [6.45, 7) is 12.1. The molecule has 2 unspecified atom stereocenters. The Morgan fingerprint density at radius 3 is 2.14 bits per heavy atom. The number of hydrogen-bond acceptors (Lipinski definition) is 3. The number of carbonyl (C=O) groups excluding carboxylic acids is 1. The fourth-order valence-corrected chi connectivity index (χ4v) is 1.83. The van der Waals surface area contributed by atoms with Crippen molar-refractivity contribution in [3.8, 4) is 0 Å². The smallest absolute Gasteiger partial charge is 0.412 e. The summed E-state index contributed by atoms with van der Waals surface area (Å²) in [7, 11) is 0. The second-order valence-corrected chi connectivity index (χ2v) is 6.52. The van der Waals surface area contributed by atoms with E-state index in [1.807, 2.05) is 45.0 Å². The van der Waals surface area contributed by atoms with Crippen molar-refractivity contribution in [2.24, 2.45) is 5.92 Å². The zero-order valence-corrected chi connectivity index (χ0v) is 14.0. The maximum Gasteiger partial charge on any atom is 0.412 e. The quantitative estimate of drug-likeness (QED) is 0.813. The number of ether oxygens (including phenoxy) is 1. The van der Waals surface area contributed by atoms with Gasteiger partial charge in [0.2, 0.25) is 0 Å². The Morgan fingerprint density at radius 1 is 1.14 bits per heavy atom. The summed E-state index contributed by atoms with van der Waals surface area (Å²) >= 11 is 0. The summed E-state index contributed by atoms with van der Waals surface area (Å²) in [6, 6.07) is 8.09. The molecule has 1 amide bonds. The maximum atomic E-state index is 11.7. The molecule has 0 bridgehead atoms. The minimum atomic E-state index is -0.489. The lowest BCUT2D eigenvalue weighted by atomic mass is 10.0. The van der Waals surface area contributed by atoms with Gasteiger partial charge in [-0.25, -0.2) is 4.79 Å². The molecule has 1 rings (SSSR count). The van der Waals surface area contributed by atoms with Crippen LogP contribution in [0.3, 0.4) is 0 Å². The van der Waals surface area contributed by atoms with E-state index in [0.29, 0.717) is 12.0 Å². The third-order valence-electron chi connectivity index (χ3n) is 3.42. The lowest BCUT2D eigenvalue weighted by Crippen LogP contribution is -2.27. The van der Waals surface area contributed by atoms with Crippen molar-refractivity contribution in [3.05, 3.63) is 24.3 Å². The van der Waals surface area contributed by atoms with Crippen LogP contribution in [0.15, 0.2) is 24.3 Å². The second-order valence-electron chi connectivity index (χ2n) is 6.52. The fraction of sp³-hybridized carbons (Fsp3) is 0.588. The van der Waals surface area contributed by atoms with Gasteiger partial charge in [-0.3, -0.25) is 5.32 Å². The van der Waals surface area contributed by atoms with E-state index >= 15 is 0 Å². The van der Waals surface area contributed by atoms with Gasteiger partial charge in [0.1, 0.15) is 5.60 Å². The molecule has 2 atom stereocenters. The fourth-order valence-electron chi connectivity index (χ4n) is 1.83. The van der Waals surface area contributed by atoms with E-state index in [2.05, 4.69) is 31.4 Å². The highest BCUT2D eigenvalue weighted by Crippen LogP contribution is 2.18. The number of carbonyl (C=O) groups is 1. The molecular formula is C17H28N2O2. The first-order chi connectivity index (χ1) is 9.71.